The summed E-state index contributed by atoms with van der Waals surface area (Å²) < 4.78 is 68.4. The van der Waals surface area contributed by atoms with Crippen LogP contribution in [0.25, 0.3) is 0 Å². The molecular weight excluding hydrogens is 1230 g/mol. The largest absolute Gasteiger partial charge is 0.472 e. The van der Waals surface area contributed by atoms with Gasteiger partial charge in [0.1, 0.15) is 19.3 Å². The van der Waals surface area contributed by atoms with Gasteiger partial charge in [-0.2, -0.15) is 0 Å². The first-order valence-electron chi connectivity index (χ1n) is 38.8. The van der Waals surface area contributed by atoms with Gasteiger partial charge in [0.2, 0.25) is 0 Å². The molecule has 3 N–H and O–H groups in total. The van der Waals surface area contributed by atoms with Gasteiger partial charge in [-0.25, -0.2) is 9.13 Å². The van der Waals surface area contributed by atoms with Crippen LogP contribution in [0, 0.1) is 23.7 Å². The normalized spacial score (nSPS) is 14.7. The lowest BCUT2D eigenvalue weighted by Gasteiger charge is -2.21. The molecule has 0 amide bonds. The molecule has 17 nitrogen and oxygen atoms in total. The van der Waals surface area contributed by atoms with Gasteiger partial charge in [-0.05, 0) is 49.4 Å². The maximum atomic E-state index is 13.1. The Morgan fingerprint density at radius 2 is 0.511 bits per heavy atom. The highest BCUT2D eigenvalue weighted by atomic mass is 31.2. The van der Waals surface area contributed by atoms with E-state index >= 15 is 0 Å². The van der Waals surface area contributed by atoms with Crippen molar-refractivity contribution in [3.8, 4) is 0 Å². The molecule has 558 valence electrons. The number of phosphoric acid groups is 2. The van der Waals surface area contributed by atoms with E-state index in [2.05, 4.69) is 55.4 Å². The fourth-order valence-electron chi connectivity index (χ4n) is 11.3. The quantitative estimate of drug-likeness (QED) is 0.0222. The molecule has 19 heteroatoms. The summed E-state index contributed by atoms with van der Waals surface area (Å²) in [5, 5.41) is 10.6. The van der Waals surface area contributed by atoms with Crippen LogP contribution in [0.1, 0.15) is 376 Å². The second kappa shape index (κ2) is 64.4. The molecule has 0 aliphatic heterocycles. The Bertz CT molecular complexity index is 1850. The van der Waals surface area contributed by atoms with Gasteiger partial charge in [-0.15, -0.1) is 0 Å². The van der Waals surface area contributed by atoms with Gasteiger partial charge in [0.05, 0.1) is 26.4 Å². The predicted molar refractivity (Wildman–Crippen MR) is 381 cm³/mol. The number of aliphatic hydroxyl groups is 1. The van der Waals surface area contributed by atoms with Crippen molar-refractivity contribution in [1.29, 1.82) is 0 Å². The first-order chi connectivity index (χ1) is 45.2. The molecule has 0 rings (SSSR count). The van der Waals surface area contributed by atoms with E-state index in [4.69, 9.17) is 37.0 Å². The number of rotatable bonds is 72. The van der Waals surface area contributed by atoms with E-state index in [-0.39, 0.29) is 25.7 Å². The highest BCUT2D eigenvalue weighted by molar-refractivity contribution is 7.47. The first kappa shape index (κ1) is 92.1. The van der Waals surface area contributed by atoms with Crippen LogP contribution < -0.4 is 0 Å². The molecule has 0 aliphatic carbocycles. The maximum absolute atomic E-state index is 13.1. The molecule has 0 heterocycles. The van der Waals surface area contributed by atoms with E-state index in [1.54, 1.807) is 0 Å². The highest BCUT2D eigenvalue weighted by Crippen LogP contribution is 2.45. The summed E-state index contributed by atoms with van der Waals surface area (Å²) in [6, 6.07) is 0. The number of aliphatic hydroxyl groups excluding tert-OH is 1. The summed E-state index contributed by atoms with van der Waals surface area (Å²) in [6.07, 6.45) is 48.8. The van der Waals surface area contributed by atoms with Gasteiger partial charge < -0.3 is 33.8 Å². The van der Waals surface area contributed by atoms with E-state index < -0.39 is 97.5 Å². The van der Waals surface area contributed by atoms with E-state index in [9.17, 15) is 43.2 Å². The molecule has 0 radical (unpaired) electrons. The molecule has 94 heavy (non-hydrogen) atoms. The smallest absolute Gasteiger partial charge is 0.462 e. The second-order valence-electron chi connectivity index (χ2n) is 28.5. The number of carbonyl (C=O) groups excluding carboxylic acids is 4. The van der Waals surface area contributed by atoms with Crippen LogP contribution in [0.2, 0.25) is 0 Å². The summed E-state index contributed by atoms with van der Waals surface area (Å²) in [5.74, 6) is 0.907. The average molecular weight is 1380 g/mol. The van der Waals surface area contributed by atoms with Crippen molar-refractivity contribution in [2.75, 3.05) is 39.6 Å². The molecule has 0 bridgehead atoms. The molecule has 0 fully saturated rings. The lowest BCUT2D eigenvalue weighted by atomic mass is 9.99. The Balaban J connectivity index is 5.17. The number of carbonyl (C=O) groups is 4. The minimum Gasteiger partial charge on any atom is -0.462 e. The molecule has 0 aromatic heterocycles. The second-order valence-corrected chi connectivity index (χ2v) is 31.4. The van der Waals surface area contributed by atoms with Crippen molar-refractivity contribution < 1.29 is 80.2 Å². The van der Waals surface area contributed by atoms with Crippen molar-refractivity contribution in [2.24, 2.45) is 23.7 Å². The number of phosphoric ester groups is 2. The van der Waals surface area contributed by atoms with Crippen LogP contribution in [0.5, 0.6) is 0 Å². The molecule has 0 aliphatic rings. The van der Waals surface area contributed by atoms with Gasteiger partial charge >= 0.3 is 39.5 Å². The number of unbranched alkanes of at least 4 members (excludes halogenated alkanes) is 36. The van der Waals surface area contributed by atoms with Gasteiger partial charge in [0.15, 0.2) is 12.2 Å². The van der Waals surface area contributed by atoms with Gasteiger partial charge in [-0.3, -0.25) is 37.3 Å². The van der Waals surface area contributed by atoms with Crippen molar-refractivity contribution in [3.05, 3.63) is 0 Å². The Kier molecular flexibility index (Phi) is 63.1. The molecule has 7 atom stereocenters. The summed E-state index contributed by atoms with van der Waals surface area (Å²) in [4.78, 5) is 72.7. The molecular formula is C75H146O17P2. The summed E-state index contributed by atoms with van der Waals surface area (Å²) in [7, 11) is -9.91. The topological polar surface area (TPSA) is 237 Å². The zero-order valence-corrected chi connectivity index (χ0v) is 63.4. The molecule has 0 aromatic carbocycles. The third kappa shape index (κ3) is 66.0. The van der Waals surface area contributed by atoms with E-state index in [1.807, 2.05) is 0 Å². The Morgan fingerprint density at radius 1 is 0.298 bits per heavy atom. The Hall–Kier alpha value is -1.94. The highest BCUT2D eigenvalue weighted by Gasteiger charge is 2.30. The van der Waals surface area contributed by atoms with Crippen molar-refractivity contribution in [3.63, 3.8) is 0 Å². The minimum absolute atomic E-state index is 0.105. The lowest BCUT2D eigenvalue weighted by molar-refractivity contribution is -0.161. The third-order valence-corrected chi connectivity index (χ3v) is 19.9. The summed E-state index contributed by atoms with van der Waals surface area (Å²) in [6.45, 7) is 14.1. The first-order valence-corrected chi connectivity index (χ1v) is 41.8. The molecule has 0 saturated carbocycles. The fraction of sp³-hybridized carbons (Fsp3) is 0.947. The Labute approximate surface area is 575 Å². The molecule has 0 aromatic rings. The van der Waals surface area contributed by atoms with Crippen LogP contribution in [0.15, 0.2) is 0 Å². The SMILES string of the molecule is CCC(C)CCCCCCCCCCCCC(=O)O[C@H](COC(=O)CCCCCCCCC(C)C)COP(=O)(O)OC[C@@H](O)COP(=O)(O)OC[C@@H](COC(=O)CCCCCCCCC(C)CC)OC(=O)CCCCCCCCCCCCCCCCCCCCC(C)C. The Morgan fingerprint density at radius 3 is 0.755 bits per heavy atom. The van der Waals surface area contributed by atoms with Crippen molar-refractivity contribution >= 4 is 39.5 Å². The summed E-state index contributed by atoms with van der Waals surface area (Å²) >= 11 is 0. The zero-order valence-electron chi connectivity index (χ0n) is 61.6. The van der Waals surface area contributed by atoms with Crippen LogP contribution in [0.4, 0.5) is 0 Å². The van der Waals surface area contributed by atoms with Gasteiger partial charge in [0, 0.05) is 25.7 Å². The number of hydrogen-bond acceptors (Lipinski definition) is 15. The number of hydrogen-bond donors (Lipinski definition) is 3. The van der Waals surface area contributed by atoms with E-state index in [1.165, 1.54) is 167 Å². The van der Waals surface area contributed by atoms with E-state index in [0.29, 0.717) is 31.6 Å². The fourth-order valence-corrected chi connectivity index (χ4v) is 12.9. The molecule has 0 spiro atoms. The number of ether oxygens (including phenoxy) is 4. The maximum Gasteiger partial charge on any atom is 0.472 e. The summed E-state index contributed by atoms with van der Waals surface area (Å²) in [5.41, 5.74) is 0. The van der Waals surface area contributed by atoms with Crippen LogP contribution in [-0.4, -0.2) is 96.7 Å². The van der Waals surface area contributed by atoms with Crippen LogP contribution in [0.3, 0.4) is 0 Å². The standard InChI is InChI=1S/C75H146O17P2/c1-9-67(7)53-45-37-28-24-21-22-26-30-42-50-58-75(80)91-70(61-85-72(77)55-47-39-33-31-36-44-52-66(5)6)63-89-93(81,82)87-59-69(76)60-88-94(83,84)90-64-71(62-86-73(78)56-48-40-34-32-38-46-54-68(8)10-2)92-74(79)57-49-41-29-25-20-18-16-14-12-11-13-15-17-19-23-27-35-43-51-65(3)4/h65-71,76H,9-64H2,1-8H3,(H,81,82)(H,83,84)/t67?,68?,69-,70-,71-/m1/s1. The van der Waals surface area contributed by atoms with Crippen LogP contribution in [-0.2, 0) is 65.4 Å². The monoisotopic (exact) mass is 1380 g/mol. The lowest BCUT2D eigenvalue weighted by Crippen LogP contribution is -2.30. The zero-order chi connectivity index (χ0) is 69.6. The predicted octanol–water partition coefficient (Wildman–Crippen LogP) is 21.7. The van der Waals surface area contributed by atoms with E-state index in [0.717, 1.165) is 120 Å². The van der Waals surface area contributed by atoms with Gasteiger partial charge in [0.25, 0.3) is 0 Å². The molecule has 4 unspecified atom stereocenters. The number of esters is 4. The van der Waals surface area contributed by atoms with Gasteiger partial charge in [-0.1, -0.05) is 325 Å². The van der Waals surface area contributed by atoms with Crippen LogP contribution >= 0.6 is 15.6 Å². The third-order valence-electron chi connectivity index (χ3n) is 18.0. The minimum atomic E-state index is -4.96. The average Bonchev–Trinajstić information content (AvgIpc) is 1.81. The molecule has 0 saturated heterocycles. The van der Waals surface area contributed by atoms with Crippen molar-refractivity contribution in [2.45, 2.75) is 395 Å². The van der Waals surface area contributed by atoms with Crippen molar-refractivity contribution in [1.82, 2.24) is 0 Å².